The molecule has 0 saturated heterocycles. The SMILES string of the molecule is COCCC[O-].COCCC[O-].[Co+2]. The number of hydrogen-bond acceptors (Lipinski definition) is 4. The first-order valence-electron chi connectivity index (χ1n) is 3.97. The molecule has 0 fully saturated rings. The molecule has 0 aliphatic rings. The minimum absolute atomic E-state index is 0. The monoisotopic (exact) mass is 237 g/mol. The molecule has 0 saturated carbocycles. The second kappa shape index (κ2) is 22.8. The number of methoxy groups -OCH3 is 2. The molecule has 4 nitrogen and oxygen atoms in total. The van der Waals surface area contributed by atoms with Crippen LogP contribution in [0.4, 0.5) is 0 Å². The summed E-state index contributed by atoms with van der Waals surface area (Å²) in [7, 11) is 3.19. The van der Waals surface area contributed by atoms with E-state index in [1.807, 2.05) is 0 Å². The molecule has 0 heterocycles. The first-order chi connectivity index (χ1) is 5.83. The van der Waals surface area contributed by atoms with Crippen molar-refractivity contribution in [2.75, 3.05) is 40.6 Å². The van der Waals surface area contributed by atoms with Crippen molar-refractivity contribution in [2.24, 2.45) is 0 Å². The van der Waals surface area contributed by atoms with E-state index in [-0.39, 0.29) is 30.0 Å². The smallest absolute Gasteiger partial charge is 0.854 e. The first-order valence-corrected chi connectivity index (χ1v) is 3.97. The zero-order chi connectivity index (χ0) is 9.66. The van der Waals surface area contributed by atoms with E-state index in [9.17, 15) is 10.2 Å². The fourth-order valence-corrected chi connectivity index (χ4v) is 0.407. The Hall–Kier alpha value is 0.346. The summed E-state index contributed by atoms with van der Waals surface area (Å²) in [6.45, 7) is 1.16. The summed E-state index contributed by atoms with van der Waals surface area (Å²) in [6, 6.07) is 0. The van der Waals surface area contributed by atoms with Crippen LogP contribution in [-0.2, 0) is 26.3 Å². The van der Waals surface area contributed by atoms with Gasteiger partial charge in [-0.25, -0.2) is 0 Å². The Labute approximate surface area is 90.4 Å². The molecule has 0 bridgehead atoms. The van der Waals surface area contributed by atoms with E-state index in [1.54, 1.807) is 14.2 Å². The summed E-state index contributed by atoms with van der Waals surface area (Å²) in [5.41, 5.74) is 0. The molecule has 0 atom stereocenters. The minimum atomic E-state index is -0.0200. The standard InChI is InChI=1S/2C4H9O2.Co/c2*1-6-4-2-3-5;/h2*2-4H2,1H3;/q2*-1;+2. The van der Waals surface area contributed by atoms with Gasteiger partial charge >= 0.3 is 16.8 Å². The van der Waals surface area contributed by atoms with Gasteiger partial charge in [0.05, 0.1) is 0 Å². The molecule has 83 valence electrons. The third-order valence-electron chi connectivity index (χ3n) is 0.986. The van der Waals surface area contributed by atoms with E-state index >= 15 is 0 Å². The summed E-state index contributed by atoms with van der Waals surface area (Å²) in [5.74, 6) is 0. The Kier molecular flexibility index (Phi) is 33.4. The first kappa shape index (κ1) is 19.0. The molecule has 0 aliphatic heterocycles. The van der Waals surface area contributed by atoms with Crippen LogP contribution in [0.25, 0.3) is 0 Å². The van der Waals surface area contributed by atoms with Gasteiger partial charge < -0.3 is 19.7 Å². The van der Waals surface area contributed by atoms with E-state index in [0.29, 0.717) is 26.1 Å². The molecular formula is C8H18CoO4. The van der Waals surface area contributed by atoms with Gasteiger partial charge in [0.2, 0.25) is 0 Å². The van der Waals surface area contributed by atoms with Gasteiger partial charge in [-0.05, 0) is 12.8 Å². The summed E-state index contributed by atoms with van der Waals surface area (Å²) in [5, 5.41) is 19.2. The van der Waals surface area contributed by atoms with Gasteiger partial charge in [-0.15, -0.1) is 13.2 Å². The molecule has 0 N–H and O–H groups in total. The zero-order valence-corrected chi connectivity index (χ0v) is 9.25. The van der Waals surface area contributed by atoms with Gasteiger partial charge in [0, 0.05) is 27.4 Å². The van der Waals surface area contributed by atoms with Crippen LogP contribution in [0.2, 0.25) is 0 Å². The van der Waals surface area contributed by atoms with Crippen LogP contribution >= 0.6 is 0 Å². The Morgan fingerprint density at radius 3 is 1.23 bits per heavy atom. The van der Waals surface area contributed by atoms with Crippen LogP contribution in [0.15, 0.2) is 0 Å². The number of rotatable bonds is 6. The van der Waals surface area contributed by atoms with E-state index in [0.717, 1.165) is 0 Å². The van der Waals surface area contributed by atoms with Crippen molar-refractivity contribution in [3.05, 3.63) is 0 Å². The van der Waals surface area contributed by atoms with Gasteiger partial charge in [0.15, 0.2) is 0 Å². The van der Waals surface area contributed by atoms with Crippen molar-refractivity contribution in [2.45, 2.75) is 12.8 Å². The van der Waals surface area contributed by atoms with Crippen molar-refractivity contribution in [1.82, 2.24) is 0 Å². The van der Waals surface area contributed by atoms with E-state index in [2.05, 4.69) is 9.47 Å². The maximum absolute atomic E-state index is 9.61. The molecule has 0 amide bonds. The van der Waals surface area contributed by atoms with Crippen molar-refractivity contribution in [3.63, 3.8) is 0 Å². The largest absolute Gasteiger partial charge is 2.00 e. The van der Waals surface area contributed by atoms with Gasteiger partial charge in [0.25, 0.3) is 0 Å². The van der Waals surface area contributed by atoms with Crippen LogP contribution in [0, 0.1) is 0 Å². The van der Waals surface area contributed by atoms with Gasteiger partial charge in [-0.3, -0.25) is 0 Å². The number of ether oxygens (including phenoxy) is 2. The van der Waals surface area contributed by atoms with Crippen LogP contribution in [-0.4, -0.2) is 40.6 Å². The van der Waals surface area contributed by atoms with Crippen molar-refractivity contribution < 1.29 is 36.5 Å². The molecule has 0 aromatic rings. The fourth-order valence-electron chi connectivity index (χ4n) is 0.407. The molecule has 0 spiro atoms. The molecule has 0 rings (SSSR count). The Balaban J connectivity index is -0.000000143. The summed E-state index contributed by atoms with van der Waals surface area (Å²) >= 11 is 0. The molecule has 0 unspecified atom stereocenters. The predicted molar refractivity (Wildman–Crippen MR) is 42.7 cm³/mol. The van der Waals surface area contributed by atoms with Crippen LogP contribution in [0.5, 0.6) is 0 Å². The molecule has 5 heteroatoms. The summed E-state index contributed by atoms with van der Waals surface area (Å²) < 4.78 is 9.16. The Morgan fingerprint density at radius 1 is 0.846 bits per heavy atom. The second-order valence-electron chi connectivity index (χ2n) is 2.10. The Morgan fingerprint density at radius 2 is 1.15 bits per heavy atom. The second-order valence-corrected chi connectivity index (χ2v) is 2.10. The molecule has 0 aromatic heterocycles. The van der Waals surface area contributed by atoms with Gasteiger partial charge in [-0.2, -0.15) is 0 Å². The molecular weight excluding hydrogens is 219 g/mol. The normalized spacial score (nSPS) is 8.31. The van der Waals surface area contributed by atoms with Crippen LogP contribution in [0.3, 0.4) is 0 Å². The summed E-state index contributed by atoms with van der Waals surface area (Å²) in [4.78, 5) is 0. The third-order valence-corrected chi connectivity index (χ3v) is 0.986. The Bertz CT molecular complexity index is 48.1. The van der Waals surface area contributed by atoms with Crippen molar-refractivity contribution in [3.8, 4) is 0 Å². The van der Waals surface area contributed by atoms with Crippen LogP contribution in [0.1, 0.15) is 12.8 Å². The number of hydrogen-bond donors (Lipinski definition) is 0. The zero-order valence-electron chi connectivity index (χ0n) is 8.21. The van der Waals surface area contributed by atoms with Gasteiger partial charge in [-0.1, -0.05) is 0 Å². The van der Waals surface area contributed by atoms with Gasteiger partial charge in [0.1, 0.15) is 0 Å². The molecule has 0 aliphatic carbocycles. The topological polar surface area (TPSA) is 64.6 Å². The molecule has 0 aromatic carbocycles. The predicted octanol–water partition coefficient (Wildman–Crippen LogP) is -1.24. The minimum Gasteiger partial charge on any atom is -0.854 e. The van der Waals surface area contributed by atoms with Crippen LogP contribution < -0.4 is 10.2 Å². The molecule has 1 radical (unpaired) electrons. The van der Waals surface area contributed by atoms with Crippen molar-refractivity contribution in [1.29, 1.82) is 0 Å². The maximum Gasteiger partial charge on any atom is 2.00 e. The fraction of sp³-hybridized carbons (Fsp3) is 1.00. The average molecular weight is 237 g/mol. The average Bonchev–Trinajstić information content (AvgIpc) is 2.12. The van der Waals surface area contributed by atoms with Crippen molar-refractivity contribution >= 4 is 0 Å². The van der Waals surface area contributed by atoms with E-state index in [1.165, 1.54) is 0 Å². The maximum atomic E-state index is 9.61. The summed E-state index contributed by atoms with van der Waals surface area (Å²) in [6.07, 6.45) is 1.27. The quantitative estimate of drug-likeness (QED) is 0.542. The third kappa shape index (κ3) is 32.8. The van der Waals surface area contributed by atoms with E-state index < -0.39 is 0 Å². The molecule has 13 heavy (non-hydrogen) atoms. The van der Waals surface area contributed by atoms with E-state index in [4.69, 9.17) is 0 Å².